The van der Waals surface area contributed by atoms with E-state index in [0.29, 0.717) is 24.9 Å². The first-order valence-corrected chi connectivity index (χ1v) is 8.65. The van der Waals surface area contributed by atoms with Gasteiger partial charge in [-0.25, -0.2) is 4.79 Å². The van der Waals surface area contributed by atoms with Gasteiger partial charge in [0.25, 0.3) is 11.5 Å². The maximum Gasteiger partial charge on any atom is 0.328 e. The van der Waals surface area contributed by atoms with Gasteiger partial charge in [-0.15, -0.1) is 0 Å². The molecule has 1 amide bonds. The molecule has 0 aliphatic carbocycles. The van der Waals surface area contributed by atoms with Crippen molar-refractivity contribution in [1.82, 2.24) is 14.5 Å². The Morgan fingerprint density at radius 3 is 2.64 bits per heavy atom. The van der Waals surface area contributed by atoms with Gasteiger partial charge in [0.1, 0.15) is 5.56 Å². The topological polar surface area (TPSA) is 75.2 Å². The van der Waals surface area contributed by atoms with E-state index in [0.717, 1.165) is 17.4 Å². The highest BCUT2D eigenvalue weighted by molar-refractivity contribution is 5.93. The number of likely N-dealkylation sites (tertiary alicyclic amines) is 1. The van der Waals surface area contributed by atoms with Gasteiger partial charge in [0.15, 0.2) is 0 Å². The average molecular weight is 341 g/mol. The molecule has 3 rings (SSSR count). The lowest BCUT2D eigenvalue weighted by atomic mass is 9.79. The first-order valence-electron chi connectivity index (χ1n) is 8.65. The van der Waals surface area contributed by atoms with Gasteiger partial charge < -0.3 is 9.88 Å². The molecule has 25 heavy (non-hydrogen) atoms. The van der Waals surface area contributed by atoms with Crippen LogP contribution in [0.3, 0.4) is 0 Å². The number of carbonyl (C=O) groups excluding carboxylic acids is 1. The Hall–Kier alpha value is -2.63. The van der Waals surface area contributed by atoms with E-state index in [4.69, 9.17) is 0 Å². The van der Waals surface area contributed by atoms with Gasteiger partial charge in [-0.05, 0) is 23.8 Å². The first-order chi connectivity index (χ1) is 12.0. The molecule has 132 valence electrons. The summed E-state index contributed by atoms with van der Waals surface area (Å²) in [5, 5.41) is 0. The molecule has 1 aromatic carbocycles. The second kappa shape index (κ2) is 7.09. The summed E-state index contributed by atoms with van der Waals surface area (Å²) in [6.45, 7) is 3.36. The van der Waals surface area contributed by atoms with Gasteiger partial charge >= 0.3 is 5.69 Å². The molecular formula is C19H23N3O3. The summed E-state index contributed by atoms with van der Waals surface area (Å²) in [4.78, 5) is 40.6. The van der Waals surface area contributed by atoms with Crippen molar-refractivity contribution in [3.8, 4) is 0 Å². The molecule has 1 fully saturated rings. The fourth-order valence-corrected chi connectivity index (χ4v) is 3.66. The van der Waals surface area contributed by atoms with Crippen LogP contribution in [0.1, 0.15) is 41.6 Å². The third-order valence-electron chi connectivity index (χ3n) is 5.18. The number of amides is 1. The van der Waals surface area contributed by atoms with Crippen molar-refractivity contribution in [2.45, 2.75) is 25.7 Å². The molecule has 1 aliphatic rings. The van der Waals surface area contributed by atoms with Crippen LogP contribution in [0, 0.1) is 5.92 Å². The number of piperidine rings is 1. The number of aromatic amines is 1. The maximum atomic E-state index is 12.8. The highest BCUT2D eigenvalue weighted by Crippen LogP contribution is 2.35. The van der Waals surface area contributed by atoms with Crippen molar-refractivity contribution in [2.24, 2.45) is 13.0 Å². The molecule has 6 heteroatoms. The van der Waals surface area contributed by atoms with Crippen LogP contribution >= 0.6 is 0 Å². The summed E-state index contributed by atoms with van der Waals surface area (Å²) >= 11 is 0. The zero-order valence-corrected chi connectivity index (χ0v) is 14.6. The lowest BCUT2D eigenvalue weighted by Crippen LogP contribution is -2.46. The van der Waals surface area contributed by atoms with E-state index in [9.17, 15) is 14.4 Å². The van der Waals surface area contributed by atoms with Gasteiger partial charge in [-0.2, -0.15) is 0 Å². The minimum absolute atomic E-state index is 0.0233. The molecule has 0 bridgehead atoms. The molecule has 0 radical (unpaired) electrons. The van der Waals surface area contributed by atoms with Crippen molar-refractivity contribution >= 4 is 5.91 Å². The quantitative estimate of drug-likeness (QED) is 0.924. The van der Waals surface area contributed by atoms with Crippen molar-refractivity contribution in [3.63, 3.8) is 0 Å². The van der Waals surface area contributed by atoms with E-state index < -0.39 is 11.2 Å². The number of hydrogen-bond acceptors (Lipinski definition) is 3. The monoisotopic (exact) mass is 341 g/mol. The number of carbonyl (C=O) groups is 1. The summed E-state index contributed by atoms with van der Waals surface area (Å²) in [6.07, 6.45) is 3.07. The Balaban J connectivity index is 1.82. The van der Waals surface area contributed by atoms with Gasteiger partial charge in [-0.3, -0.25) is 14.2 Å². The Labute approximate surface area is 146 Å². The second-order valence-corrected chi connectivity index (χ2v) is 6.60. The number of aromatic nitrogens is 2. The van der Waals surface area contributed by atoms with Crippen molar-refractivity contribution < 1.29 is 4.79 Å². The van der Waals surface area contributed by atoms with Gasteiger partial charge in [0.2, 0.25) is 0 Å². The lowest BCUT2D eigenvalue weighted by molar-refractivity contribution is 0.0642. The molecule has 2 aromatic rings. The summed E-state index contributed by atoms with van der Waals surface area (Å²) in [5.41, 5.74) is 0.263. The predicted octanol–water partition coefficient (Wildman–Crippen LogP) is 1.73. The molecule has 0 saturated carbocycles. The minimum atomic E-state index is -0.549. The van der Waals surface area contributed by atoms with Crippen LogP contribution in [-0.4, -0.2) is 33.4 Å². The zero-order chi connectivity index (χ0) is 18.0. The summed E-state index contributed by atoms with van der Waals surface area (Å²) in [5.74, 6) is 0.474. The fraction of sp³-hybridized carbons (Fsp3) is 0.421. The highest BCUT2D eigenvalue weighted by atomic mass is 16.2. The van der Waals surface area contributed by atoms with Gasteiger partial charge in [0, 0.05) is 26.3 Å². The zero-order valence-electron chi connectivity index (χ0n) is 14.6. The van der Waals surface area contributed by atoms with Crippen LogP contribution in [0.5, 0.6) is 0 Å². The molecule has 1 saturated heterocycles. The molecule has 1 N–H and O–H groups in total. The highest BCUT2D eigenvalue weighted by Gasteiger charge is 2.32. The summed E-state index contributed by atoms with van der Waals surface area (Å²) in [6, 6.07) is 10.4. The van der Waals surface area contributed by atoms with Crippen molar-refractivity contribution in [2.75, 3.05) is 13.1 Å². The van der Waals surface area contributed by atoms with Gasteiger partial charge in [0.05, 0.1) is 0 Å². The van der Waals surface area contributed by atoms with E-state index in [1.54, 1.807) is 4.90 Å². The maximum absolute atomic E-state index is 12.8. The second-order valence-electron chi connectivity index (χ2n) is 6.60. The third kappa shape index (κ3) is 3.29. The van der Waals surface area contributed by atoms with Gasteiger partial charge in [-0.1, -0.05) is 43.7 Å². The molecule has 6 nitrogen and oxygen atoms in total. The first kappa shape index (κ1) is 17.2. The smallest absolute Gasteiger partial charge is 0.328 e. The molecular weight excluding hydrogens is 318 g/mol. The Kier molecular flexibility index (Phi) is 4.88. The number of hydrogen-bond donors (Lipinski definition) is 1. The van der Waals surface area contributed by atoms with E-state index in [1.807, 2.05) is 18.2 Å². The number of rotatable bonds is 3. The Bertz CT molecular complexity index is 869. The van der Waals surface area contributed by atoms with Crippen molar-refractivity contribution in [3.05, 3.63) is 68.5 Å². The van der Waals surface area contributed by atoms with Crippen LogP contribution in [0.2, 0.25) is 0 Å². The van der Waals surface area contributed by atoms with Crippen LogP contribution in [-0.2, 0) is 7.05 Å². The average Bonchev–Trinajstić information content (AvgIpc) is 2.66. The Morgan fingerprint density at radius 2 is 1.96 bits per heavy atom. The lowest BCUT2D eigenvalue weighted by Gasteiger charge is -2.38. The number of nitrogens with one attached hydrogen (secondary N) is 1. The summed E-state index contributed by atoms with van der Waals surface area (Å²) in [7, 11) is 1.37. The van der Waals surface area contributed by atoms with E-state index in [-0.39, 0.29) is 11.5 Å². The molecule has 0 spiro atoms. The molecule has 1 aliphatic heterocycles. The number of H-pyrrole nitrogens is 1. The third-order valence-corrected chi connectivity index (χ3v) is 5.18. The minimum Gasteiger partial charge on any atom is -0.338 e. The van der Waals surface area contributed by atoms with Crippen LogP contribution in [0.15, 0.2) is 46.1 Å². The number of benzene rings is 1. The van der Waals surface area contributed by atoms with E-state index in [2.05, 4.69) is 24.0 Å². The fourth-order valence-electron chi connectivity index (χ4n) is 3.66. The Morgan fingerprint density at radius 1 is 1.24 bits per heavy atom. The summed E-state index contributed by atoms with van der Waals surface area (Å²) < 4.78 is 0.932. The van der Waals surface area contributed by atoms with E-state index in [1.165, 1.54) is 18.8 Å². The molecule has 2 atom stereocenters. The van der Waals surface area contributed by atoms with E-state index >= 15 is 0 Å². The molecule has 2 unspecified atom stereocenters. The largest absolute Gasteiger partial charge is 0.338 e. The predicted molar refractivity (Wildman–Crippen MR) is 95.8 cm³/mol. The van der Waals surface area contributed by atoms with Crippen molar-refractivity contribution in [1.29, 1.82) is 0 Å². The van der Waals surface area contributed by atoms with Crippen LogP contribution < -0.4 is 11.2 Å². The SMILES string of the molecule is CCC1CN(C(=O)c2c[nH]c(=O)n(C)c2=O)CCC1c1ccccc1. The molecule has 2 heterocycles. The van der Waals surface area contributed by atoms with Crippen LogP contribution in [0.25, 0.3) is 0 Å². The normalized spacial score (nSPS) is 20.5. The standard InChI is InChI=1S/C19H23N3O3/c1-3-13-12-22(10-9-15(13)14-7-5-4-6-8-14)18(24)16-11-20-19(25)21(2)17(16)23/h4-8,11,13,15H,3,9-10,12H2,1-2H3,(H,20,25). The number of nitrogens with zero attached hydrogens (tertiary/aromatic N) is 2. The molecule has 1 aromatic heterocycles. The van der Waals surface area contributed by atoms with Crippen LogP contribution in [0.4, 0.5) is 0 Å².